The number of aromatic nitrogens is 2. The van der Waals surface area contributed by atoms with Gasteiger partial charge >= 0.3 is 0 Å². The van der Waals surface area contributed by atoms with Crippen LogP contribution >= 0.6 is 27.7 Å². The van der Waals surface area contributed by atoms with Crippen molar-refractivity contribution in [1.29, 1.82) is 0 Å². The molecule has 3 rings (SSSR count). The van der Waals surface area contributed by atoms with E-state index in [1.54, 1.807) is 0 Å². The van der Waals surface area contributed by atoms with Crippen molar-refractivity contribution in [3.05, 3.63) is 70.0 Å². The molecule has 0 amide bonds. The summed E-state index contributed by atoms with van der Waals surface area (Å²) in [5.74, 6) is 2.03. The Hall–Kier alpha value is -1.79. The zero-order valence-corrected chi connectivity index (χ0v) is 17.4. The number of rotatable bonds is 6. The van der Waals surface area contributed by atoms with Crippen molar-refractivity contribution in [3.63, 3.8) is 0 Å². The number of nitrogens with zero attached hydrogens (tertiary/aromatic N) is 2. The van der Waals surface area contributed by atoms with E-state index in [1.165, 1.54) is 22.9 Å². The summed E-state index contributed by atoms with van der Waals surface area (Å²) < 4.78 is 12.3. The lowest BCUT2D eigenvalue weighted by molar-refractivity contribution is 0.252. The van der Waals surface area contributed by atoms with Gasteiger partial charge in [-0.2, -0.15) is 0 Å². The van der Waals surface area contributed by atoms with Crippen LogP contribution in [0.15, 0.2) is 62.6 Å². The molecule has 0 N–H and O–H groups in total. The molecule has 0 unspecified atom stereocenters. The van der Waals surface area contributed by atoms with Crippen molar-refractivity contribution in [2.24, 2.45) is 0 Å². The van der Waals surface area contributed by atoms with E-state index in [0.29, 0.717) is 11.1 Å². The Bertz CT molecular complexity index is 839. The summed E-state index contributed by atoms with van der Waals surface area (Å²) in [6.07, 6.45) is 0. The molecule has 6 heteroatoms. The van der Waals surface area contributed by atoms with E-state index in [2.05, 4.69) is 71.2 Å². The molecule has 0 aliphatic heterocycles. The number of hydrogen-bond acceptors (Lipinski definition) is 5. The van der Waals surface area contributed by atoms with Gasteiger partial charge in [0.25, 0.3) is 11.1 Å². The Morgan fingerprint density at radius 2 is 1.69 bits per heavy atom. The fourth-order valence-corrected chi connectivity index (χ4v) is 3.28. The normalized spacial score (nSPS) is 11.5. The molecule has 0 spiro atoms. The zero-order valence-electron chi connectivity index (χ0n) is 15.0. The lowest BCUT2D eigenvalue weighted by Crippen LogP contribution is -2.10. The summed E-state index contributed by atoms with van der Waals surface area (Å²) in [5.41, 5.74) is 2.73. The molecule has 0 aliphatic rings. The van der Waals surface area contributed by atoms with E-state index in [-0.39, 0.29) is 12.0 Å². The Kier molecular flexibility index (Phi) is 6.04. The Balaban J connectivity index is 1.51. The number of benzene rings is 2. The maximum atomic E-state index is 5.64. The summed E-state index contributed by atoms with van der Waals surface area (Å²) in [7, 11) is 0. The van der Waals surface area contributed by atoms with Crippen LogP contribution in [-0.2, 0) is 17.8 Å². The van der Waals surface area contributed by atoms with Gasteiger partial charge < -0.3 is 9.15 Å². The van der Waals surface area contributed by atoms with Gasteiger partial charge in [0, 0.05) is 10.2 Å². The molecule has 136 valence electrons. The van der Waals surface area contributed by atoms with E-state index in [4.69, 9.17) is 9.15 Å². The van der Waals surface area contributed by atoms with Crippen LogP contribution in [0, 0.1) is 0 Å². The Morgan fingerprint density at radius 3 is 2.35 bits per heavy atom. The van der Waals surface area contributed by atoms with Crippen LogP contribution in [0.1, 0.15) is 37.8 Å². The quantitative estimate of drug-likeness (QED) is 0.446. The molecule has 0 bridgehead atoms. The van der Waals surface area contributed by atoms with Crippen LogP contribution in [0.2, 0.25) is 0 Å². The highest BCUT2D eigenvalue weighted by atomic mass is 79.9. The minimum atomic E-state index is 0.169. The predicted octanol–water partition coefficient (Wildman–Crippen LogP) is 6.00. The first-order chi connectivity index (χ1) is 12.4. The molecule has 2 aromatic carbocycles. The van der Waals surface area contributed by atoms with Crippen LogP contribution in [0.4, 0.5) is 0 Å². The van der Waals surface area contributed by atoms with Gasteiger partial charge in [0.15, 0.2) is 6.61 Å². The van der Waals surface area contributed by atoms with Gasteiger partial charge in [-0.25, -0.2) is 0 Å². The lowest BCUT2D eigenvalue weighted by atomic mass is 9.87. The predicted molar refractivity (Wildman–Crippen MR) is 107 cm³/mol. The third-order valence-corrected chi connectivity index (χ3v) is 5.22. The largest absolute Gasteiger partial charge is 0.484 e. The molecule has 0 aliphatic carbocycles. The van der Waals surface area contributed by atoms with Crippen molar-refractivity contribution < 1.29 is 9.15 Å². The minimum Gasteiger partial charge on any atom is -0.484 e. The number of thioether (sulfide) groups is 1. The van der Waals surface area contributed by atoms with Crippen LogP contribution in [0.5, 0.6) is 5.75 Å². The summed E-state index contributed by atoms with van der Waals surface area (Å²) in [4.78, 5) is 0. The Labute approximate surface area is 166 Å². The van der Waals surface area contributed by atoms with Gasteiger partial charge in [0.2, 0.25) is 0 Å². The van der Waals surface area contributed by atoms with E-state index >= 15 is 0 Å². The van der Waals surface area contributed by atoms with Crippen molar-refractivity contribution >= 4 is 27.7 Å². The molecule has 1 aromatic heterocycles. The average molecular weight is 433 g/mol. The monoisotopic (exact) mass is 432 g/mol. The van der Waals surface area contributed by atoms with Gasteiger partial charge in [-0.05, 0) is 40.8 Å². The minimum absolute atomic E-state index is 0.169. The topological polar surface area (TPSA) is 48.2 Å². The molecule has 26 heavy (non-hydrogen) atoms. The fourth-order valence-electron chi connectivity index (χ4n) is 2.28. The number of ether oxygens (including phenoxy) is 1. The third-order valence-electron chi connectivity index (χ3n) is 3.81. The first-order valence-corrected chi connectivity index (χ1v) is 10.1. The van der Waals surface area contributed by atoms with Crippen LogP contribution in [0.25, 0.3) is 0 Å². The second-order valence-corrected chi connectivity index (χ2v) is 8.78. The van der Waals surface area contributed by atoms with E-state index in [9.17, 15) is 0 Å². The van der Waals surface area contributed by atoms with Crippen LogP contribution in [-0.4, -0.2) is 10.2 Å². The summed E-state index contributed by atoms with van der Waals surface area (Å²) >= 11 is 4.92. The fraction of sp³-hybridized carbons (Fsp3) is 0.300. The Morgan fingerprint density at radius 1 is 1.00 bits per heavy atom. The highest BCUT2D eigenvalue weighted by Crippen LogP contribution is 2.26. The number of hydrogen-bond donors (Lipinski definition) is 0. The standard InChI is InChI=1S/C20H21BrN2O2S/c1-20(2,3)15-6-4-14(5-7-15)13-26-19-23-22-18(25-19)12-24-17-10-8-16(21)9-11-17/h4-11H,12-13H2,1-3H3. The SMILES string of the molecule is CC(C)(C)c1ccc(CSc2nnc(COc3ccc(Br)cc3)o2)cc1. The number of halogens is 1. The third kappa shape index (κ3) is 5.35. The highest BCUT2D eigenvalue weighted by Gasteiger charge is 2.13. The van der Waals surface area contributed by atoms with Crippen molar-refractivity contribution in [2.75, 3.05) is 0 Å². The molecule has 4 nitrogen and oxygen atoms in total. The maximum Gasteiger partial charge on any atom is 0.277 e. The van der Waals surface area contributed by atoms with Gasteiger partial charge in [0.05, 0.1) is 0 Å². The van der Waals surface area contributed by atoms with Gasteiger partial charge in [-0.3, -0.25) is 0 Å². The van der Waals surface area contributed by atoms with Gasteiger partial charge in [0.1, 0.15) is 5.75 Å². The van der Waals surface area contributed by atoms with Crippen LogP contribution < -0.4 is 4.74 Å². The first-order valence-electron chi connectivity index (χ1n) is 8.33. The molecule has 3 aromatic rings. The van der Waals surface area contributed by atoms with Gasteiger partial charge in [-0.1, -0.05) is 72.7 Å². The maximum absolute atomic E-state index is 5.64. The highest BCUT2D eigenvalue weighted by molar-refractivity contribution is 9.10. The smallest absolute Gasteiger partial charge is 0.277 e. The second kappa shape index (κ2) is 8.27. The van der Waals surface area contributed by atoms with Gasteiger partial charge in [-0.15, -0.1) is 10.2 Å². The molecule has 0 fully saturated rings. The lowest BCUT2D eigenvalue weighted by Gasteiger charge is -2.19. The molecule has 0 saturated heterocycles. The molecule has 1 heterocycles. The average Bonchev–Trinajstić information content (AvgIpc) is 3.07. The molecule has 0 atom stereocenters. The molecular weight excluding hydrogens is 412 g/mol. The summed E-state index contributed by atoms with van der Waals surface area (Å²) in [6.45, 7) is 6.91. The van der Waals surface area contributed by atoms with E-state index < -0.39 is 0 Å². The molecule has 0 saturated carbocycles. The van der Waals surface area contributed by atoms with E-state index in [0.717, 1.165) is 16.0 Å². The van der Waals surface area contributed by atoms with Crippen LogP contribution in [0.3, 0.4) is 0 Å². The molecule has 0 radical (unpaired) electrons. The van der Waals surface area contributed by atoms with E-state index in [1.807, 2.05) is 24.3 Å². The van der Waals surface area contributed by atoms with Crippen molar-refractivity contribution in [3.8, 4) is 5.75 Å². The van der Waals surface area contributed by atoms with Crippen molar-refractivity contribution in [2.45, 2.75) is 43.8 Å². The zero-order chi connectivity index (χ0) is 18.6. The van der Waals surface area contributed by atoms with Crippen molar-refractivity contribution in [1.82, 2.24) is 10.2 Å². The summed E-state index contributed by atoms with van der Waals surface area (Å²) in [6, 6.07) is 16.3. The second-order valence-electron chi connectivity index (χ2n) is 6.94. The summed E-state index contributed by atoms with van der Waals surface area (Å²) in [5, 5.41) is 8.66. The first kappa shape index (κ1) is 19.0. The molecular formula is C20H21BrN2O2S.